The van der Waals surface area contributed by atoms with Gasteiger partial charge in [-0.3, -0.25) is 15.2 Å². The molecule has 4 N–H and O–H groups in total. The number of carbonyl (C=O) groups excluding carboxylic acids is 2. The molecule has 35 heavy (non-hydrogen) atoms. The minimum atomic E-state index is -0.436. The highest BCUT2D eigenvalue weighted by Crippen LogP contribution is 2.39. The van der Waals surface area contributed by atoms with Crippen molar-refractivity contribution in [1.82, 2.24) is 15.5 Å². The minimum absolute atomic E-state index is 0.0420. The number of aromatic amines is 1. The number of esters is 1. The maximum atomic E-state index is 12.4. The summed E-state index contributed by atoms with van der Waals surface area (Å²) in [7, 11) is 0. The van der Waals surface area contributed by atoms with Gasteiger partial charge in [-0.25, -0.2) is 9.69 Å². The SMILES string of the molecule is CCOC(=O)C1=C[NH+]2C(Nc3cc(C4CC4)[nH]n3)=CN(c3ccc(C(=O)NC4CC4)cc3)CC2=N1. The second kappa shape index (κ2) is 8.70. The molecule has 0 spiro atoms. The fourth-order valence-electron chi connectivity index (χ4n) is 4.26. The van der Waals surface area contributed by atoms with Crippen LogP contribution in [-0.4, -0.2) is 47.1 Å². The molecule has 6 rings (SSSR count). The summed E-state index contributed by atoms with van der Waals surface area (Å²) < 4.78 is 5.16. The van der Waals surface area contributed by atoms with Crippen molar-refractivity contribution in [2.75, 3.05) is 23.4 Å². The van der Waals surface area contributed by atoms with Gasteiger partial charge in [0.15, 0.2) is 5.82 Å². The van der Waals surface area contributed by atoms with Crippen molar-refractivity contribution in [2.24, 2.45) is 4.99 Å². The number of hydrogen-bond acceptors (Lipinski definition) is 7. The van der Waals surface area contributed by atoms with Crippen LogP contribution in [0.4, 0.5) is 11.5 Å². The number of rotatable bonds is 8. The van der Waals surface area contributed by atoms with Gasteiger partial charge in [0.05, 0.1) is 12.8 Å². The third kappa shape index (κ3) is 4.57. The number of amidine groups is 1. The van der Waals surface area contributed by atoms with Gasteiger partial charge in [-0.15, -0.1) is 0 Å². The van der Waals surface area contributed by atoms with E-state index >= 15 is 0 Å². The van der Waals surface area contributed by atoms with Crippen LogP contribution in [0.3, 0.4) is 0 Å². The normalized spacial score (nSPS) is 21.0. The first kappa shape index (κ1) is 21.6. The monoisotopic (exact) mass is 474 g/mol. The van der Waals surface area contributed by atoms with Crippen molar-refractivity contribution >= 4 is 29.2 Å². The molecule has 3 heterocycles. The van der Waals surface area contributed by atoms with Gasteiger partial charge >= 0.3 is 5.97 Å². The summed E-state index contributed by atoms with van der Waals surface area (Å²) in [6.07, 6.45) is 8.24. The molecule has 10 nitrogen and oxygen atoms in total. The van der Waals surface area contributed by atoms with Crippen molar-refractivity contribution in [2.45, 2.75) is 44.6 Å². The highest BCUT2D eigenvalue weighted by Gasteiger charge is 2.37. The number of anilines is 2. The van der Waals surface area contributed by atoms with Crippen molar-refractivity contribution < 1.29 is 19.2 Å². The highest BCUT2D eigenvalue weighted by molar-refractivity contribution is 5.96. The van der Waals surface area contributed by atoms with Crippen LogP contribution in [0.5, 0.6) is 0 Å². The molecule has 4 aliphatic rings. The molecule has 2 aliphatic carbocycles. The number of nitrogens with zero attached hydrogens (tertiary/aromatic N) is 3. The molecule has 2 fully saturated rings. The zero-order chi connectivity index (χ0) is 23.9. The van der Waals surface area contributed by atoms with Crippen LogP contribution in [0.15, 0.2) is 59.2 Å². The average molecular weight is 475 g/mol. The third-order valence-corrected chi connectivity index (χ3v) is 6.48. The fourth-order valence-corrected chi connectivity index (χ4v) is 4.26. The van der Waals surface area contributed by atoms with Gasteiger partial charge in [0.2, 0.25) is 17.4 Å². The number of benzene rings is 1. The second-order valence-electron chi connectivity index (χ2n) is 9.30. The molecule has 1 aromatic carbocycles. The lowest BCUT2D eigenvalue weighted by molar-refractivity contribution is -0.698. The minimum Gasteiger partial charge on any atom is -0.461 e. The predicted molar refractivity (Wildman–Crippen MR) is 130 cm³/mol. The smallest absolute Gasteiger partial charge is 0.362 e. The maximum absolute atomic E-state index is 12.4. The van der Waals surface area contributed by atoms with E-state index in [0.717, 1.165) is 46.6 Å². The van der Waals surface area contributed by atoms with E-state index in [4.69, 9.17) is 4.74 Å². The van der Waals surface area contributed by atoms with Crippen LogP contribution >= 0.6 is 0 Å². The molecule has 1 unspecified atom stereocenters. The van der Waals surface area contributed by atoms with Crippen LogP contribution in [-0.2, 0) is 9.53 Å². The van der Waals surface area contributed by atoms with Crippen molar-refractivity contribution in [3.8, 4) is 0 Å². The first-order valence-corrected chi connectivity index (χ1v) is 12.1. The van der Waals surface area contributed by atoms with Crippen molar-refractivity contribution in [3.63, 3.8) is 0 Å². The molecule has 2 saturated carbocycles. The molecule has 0 saturated heterocycles. The molecule has 180 valence electrons. The van der Waals surface area contributed by atoms with Gasteiger partial charge in [0, 0.05) is 35.0 Å². The largest absolute Gasteiger partial charge is 0.461 e. The van der Waals surface area contributed by atoms with Crippen LogP contribution in [0.25, 0.3) is 0 Å². The Hall–Kier alpha value is -3.92. The molecular formula is C25H28N7O3+. The van der Waals surface area contributed by atoms with Gasteiger partial charge in [-0.05, 0) is 56.9 Å². The topological polar surface area (TPSA) is 116 Å². The van der Waals surface area contributed by atoms with Gasteiger partial charge in [-0.1, -0.05) is 0 Å². The summed E-state index contributed by atoms with van der Waals surface area (Å²) in [5.74, 6) is 2.37. The number of fused-ring (bicyclic) bond motifs is 1. The Morgan fingerprint density at radius 2 is 2.00 bits per heavy atom. The summed E-state index contributed by atoms with van der Waals surface area (Å²) in [5, 5.41) is 14.0. The van der Waals surface area contributed by atoms with E-state index in [-0.39, 0.29) is 5.91 Å². The molecular weight excluding hydrogens is 446 g/mol. The van der Waals surface area contributed by atoms with Crippen LogP contribution < -0.4 is 20.4 Å². The van der Waals surface area contributed by atoms with E-state index in [1.54, 1.807) is 13.1 Å². The van der Waals surface area contributed by atoms with E-state index in [2.05, 4.69) is 25.8 Å². The Morgan fingerprint density at radius 3 is 2.71 bits per heavy atom. The number of H-pyrrole nitrogens is 1. The number of ether oxygens (including phenoxy) is 1. The molecule has 0 bridgehead atoms. The van der Waals surface area contributed by atoms with Gasteiger partial charge in [-0.2, -0.15) is 10.1 Å². The molecule has 10 heteroatoms. The summed E-state index contributed by atoms with van der Waals surface area (Å²) >= 11 is 0. The van der Waals surface area contributed by atoms with Gasteiger partial charge in [0.1, 0.15) is 12.7 Å². The standard InChI is InChI=1S/C25H27N7O3/c1-2-35-25(34)20-12-32-22(27-20)13-31(14-23(32)28-21-11-19(29-30-21)15-3-4-15)18-9-5-16(6-10-18)24(33)26-17-7-8-17/h5-6,9-12,14-15,17H,2-4,7-8,13H2,1H3,(H,26,33)(H2,28,29,30)/p+1. The summed E-state index contributed by atoms with van der Waals surface area (Å²) in [6.45, 7) is 2.56. The predicted octanol–water partition coefficient (Wildman–Crippen LogP) is 1.61. The van der Waals surface area contributed by atoms with Gasteiger partial charge < -0.3 is 15.0 Å². The van der Waals surface area contributed by atoms with Crippen molar-refractivity contribution in [3.05, 3.63) is 65.5 Å². The summed E-state index contributed by atoms with van der Waals surface area (Å²) in [4.78, 5) is 32.2. The van der Waals surface area contributed by atoms with E-state index in [1.165, 1.54) is 12.8 Å². The zero-order valence-corrected chi connectivity index (χ0v) is 19.5. The first-order valence-electron chi connectivity index (χ1n) is 12.1. The van der Waals surface area contributed by atoms with E-state index < -0.39 is 5.97 Å². The van der Waals surface area contributed by atoms with E-state index in [0.29, 0.717) is 36.4 Å². The quantitative estimate of drug-likeness (QED) is 0.432. The summed E-state index contributed by atoms with van der Waals surface area (Å²) in [6, 6.07) is 9.88. The molecule has 1 amide bonds. The Bertz CT molecular complexity index is 1250. The molecule has 0 radical (unpaired) electrons. The number of aliphatic imine (C=N–C) groups is 1. The maximum Gasteiger partial charge on any atom is 0.362 e. The van der Waals surface area contributed by atoms with E-state index in [1.807, 2.05) is 41.4 Å². The van der Waals surface area contributed by atoms with Crippen molar-refractivity contribution in [1.29, 1.82) is 0 Å². The Labute approximate surface area is 202 Å². The average Bonchev–Trinajstić information content (AvgIpc) is 3.79. The van der Waals surface area contributed by atoms with Crippen LogP contribution in [0.1, 0.15) is 54.6 Å². The Kier molecular flexibility index (Phi) is 5.37. The zero-order valence-electron chi connectivity index (χ0n) is 19.5. The lowest BCUT2D eigenvalue weighted by Crippen LogP contribution is -3.10. The number of carbonyl (C=O) groups is 2. The summed E-state index contributed by atoms with van der Waals surface area (Å²) in [5.41, 5.74) is 2.98. The third-order valence-electron chi connectivity index (χ3n) is 6.48. The first-order chi connectivity index (χ1) is 17.1. The lowest BCUT2D eigenvalue weighted by Gasteiger charge is -2.28. The number of aromatic nitrogens is 2. The molecule has 2 aromatic rings. The number of amides is 1. The Balaban J connectivity index is 1.26. The molecule has 1 aromatic heterocycles. The number of hydrogen-bond donors (Lipinski definition) is 4. The number of nitrogens with one attached hydrogen (secondary N) is 4. The molecule has 1 atom stereocenters. The van der Waals surface area contributed by atoms with Crippen LogP contribution in [0.2, 0.25) is 0 Å². The molecule has 2 aliphatic heterocycles. The van der Waals surface area contributed by atoms with Gasteiger partial charge in [0.25, 0.3) is 5.91 Å². The Morgan fingerprint density at radius 1 is 1.20 bits per heavy atom. The highest BCUT2D eigenvalue weighted by atomic mass is 16.5. The lowest BCUT2D eigenvalue weighted by atomic mass is 10.1. The van der Waals surface area contributed by atoms with E-state index in [9.17, 15) is 9.59 Å². The fraction of sp³-hybridized carbons (Fsp3) is 0.360. The second-order valence-corrected chi connectivity index (χ2v) is 9.30. The van der Waals surface area contributed by atoms with Crippen LogP contribution in [0, 0.1) is 0 Å². The number of quaternary nitrogens is 1.